The van der Waals surface area contributed by atoms with Crippen molar-refractivity contribution in [2.75, 3.05) is 13.1 Å². The summed E-state index contributed by atoms with van der Waals surface area (Å²) in [5.74, 6) is 0.908. The van der Waals surface area contributed by atoms with Gasteiger partial charge in [0.2, 0.25) is 0 Å². The first-order valence-electron chi connectivity index (χ1n) is 5.42. The SMILES string of the molecule is Cl.O=C(NC1C2CNCC21)c1ccc([N+](=O)[O-])s1. The van der Waals surface area contributed by atoms with Gasteiger partial charge in [-0.15, -0.1) is 12.4 Å². The molecule has 8 heteroatoms. The van der Waals surface area contributed by atoms with Crippen molar-refractivity contribution < 1.29 is 9.72 Å². The molecule has 1 saturated carbocycles. The van der Waals surface area contributed by atoms with E-state index in [4.69, 9.17) is 0 Å². The lowest BCUT2D eigenvalue weighted by Crippen LogP contribution is -2.32. The van der Waals surface area contributed by atoms with Gasteiger partial charge in [0.05, 0.1) is 9.80 Å². The highest BCUT2D eigenvalue weighted by molar-refractivity contribution is 7.17. The molecule has 18 heavy (non-hydrogen) atoms. The number of hydrogen-bond acceptors (Lipinski definition) is 5. The summed E-state index contributed by atoms with van der Waals surface area (Å²) in [6.07, 6.45) is 0. The molecule has 1 amide bonds. The molecule has 2 atom stereocenters. The Hall–Kier alpha value is -1.18. The van der Waals surface area contributed by atoms with Gasteiger partial charge < -0.3 is 10.6 Å². The molecule has 0 aromatic carbocycles. The van der Waals surface area contributed by atoms with Crippen LogP contribution in [0.1, 0.15) is 9.67 Å². The highest BCUT2D eigenvalue weighted by atomic mass is 35.5. The van der Waals surface area contributed by atoms with Crippen LogP contribution in [0.5, 0.6) is 0 Å². The Morgan fingerprint density at radius 1 is 1.44 bits per heavy atom. The van der Waals surface area contributed by atoms with Crippen molar-refractivity contribution in [1.82, 2.24) is 10.6 Å². The van der Waals surface area contributed by atoms with Gasteiger partial charge in [-0.05, 0) is 17.9 Å². The number of halogens is 1. The number of rotatable bonds is 3. The molecule has 1 aromatic heterocycles. The highest BCUT2D eigenvalue weighted by Crippen LogP contribution is 2.41. The molecule has 0 bridgehead atoms. The normalized spacial score (nSPS) is 28.1. The molecule has 2 aliphatic rings. The van der Waals surface area contributed by atoms with Crippen LogP contribution in [0.2, 0.25) is 0 Å². The van der Waals surface area contributed by atoms with Crippen LogP contribution >= 0.6 is 23.7 Å². The maximum Gasteiger partial charge on any atom is 0.324 e. The molecule has 3 rings (SSSR count). The van der Waals surface area contributed by atoms with Crippen LogP contribution < -0.4 is 10.6 Å². The van der Waals surface area contributed by atoms with Crippen LogP contribution in [0.4, 0.5) is 5.00 Å². The first-order chi connectivity index (χ1) is 8.16. The van der Waals surface area contributed by atoms with Crippen molar-refractivity contribution in [3.8, 4) is 0 Å². The van der Waals surface area contributed by atoms with Gasteiger partial charge in [0.1, 0.15) is 0 Å². The van der Waals surface area contributed by atoms with Crippen molar-refractivity contribution in [3.63, 3.8) is 0 Å². The maximum absolute atomic E-state index is 11.8. The zero-order valence-electron chi connectivity index (χ0n) is 9.29. The number of piperidine rings is 1. The van der Waals surface area contributed by atoms with Crippen molar-refractivity contribution in [2.45, 2.75) is 6.04 Å². The number of carbonyl (C=O) groups is 1. The molecular formula is C10H12ClN3O3S. The van der Waals surface area contributed by atoms with E-state index in [2.05, 4.69) is 10.6 Å². The quantitative estimate of drug-likeness (QED) is 0.643. The first-order valence-corrected chi connectivity index (χ1v) is 6.24. The van der Waals surface area contributed by atoms with Gasteiger partial charge in [0.25, 0.3) is 5.91 Å². The first kappa shape index (κ1) is 13.3. The molecule has 2 unspecified atom stereocenters. The van der Waals surface area contributed by atoms with Gasteiger partial charge in [-0.25, -0.2) is 0 Å². The van der Waals surface area contributed by atoms with Gasteiger partial charge in [-0.1, -0.05) is 11.3 Å². The van der Waals surface area contributed by atoms with E-state index in [1.54, 1.807) is 0 Å². The summed E-state index contributed by atoms with van der Waals surface area (Å²) in [5, 5.41) is 16.7. The van der Waals surface area contributed by atoms with E-state index in [0.717, 1.165) is 24.4 Å². The van der Waals surface area contributed by atoms with Crippen molar-refractivity contribution in [1.29, 1.82) is 0 Å². The number of carbonyl (C=O) groups excluding carboxylic acids is 1. The topological polar surface area (TPSA) is 84.3 Å². The molecule has 98 valence electrons. The van der Waals surface area contributed by atoms with E-state index < -0.39 is 4.92 Å². The zero-order valence-corrected chi connectivity index (χ0v) is 10.9. The molecule has 6 nitrogen and oxygen atoms in total. The zero-order chi connectivity index (χ0) is 12.0. The van der Waals surface area contributed by atoms with E-state index in [9.17, 15) is 14.9 Å². The number of amides is 1. The molecule has 1 aliphatic carbocycles. The third-order valence-electron chi connectivity index (χ3n) is 3.38. The van der Waals surface area contributed by atoms with Crippen LogP contribution in [0.25, 0.3) is 0 Å². The van der Waals surface area contributed by atoms with Gasteiger partial charge in [-0.3, -0.25) is 14.9 Å². The summed E-state index contributed by atoms with van der Waals surface area (Å²) in [6, 6.07) is 3.13. The number of nitrogens with zero attached hydrogens (tertiary/aromatic N) is 1. The van der Waals surface area contributed by atoms with Crippen molar-refractivity contribution >= 4 is 34.7 Å². The Balaban J connectivity index is 0.00000120. The summed E-state index contributed by atoms with van der Waals surface area (Å²) >= 11 is 0.920. The van der Waals surface area contributed by atoms with E-state index >= 15 is 0 Å². The fraction of sp³-hybridized carbons (Fsp3) is 0.500. The Bertz CT molecular complexity index is 482. The smallest absolute Gasteiger partial charge is 0.324 e. The molecule has 0 spiro atoms. The summed E-state index contributed by atoms with van der Waals surface area (Å²) < 4.78 is 0. The largest absolute Gasteiger partial charge is 0.348 e. The summed E-state index contributed by atoms with van der Waals surface area (Å²) in [5.41, 5.74) is 0. The fourth-order valence-corrected chi connectivity index (χ4v) is 3.13. The van der Waals surface area contributed by atoms with Gasteiger partial charge >= 0.3 is 5.00 Å². The number of fused-ring (bicyclic) bond motifs is 1. The van der Waals surface area contributed by atoms with Crippen LogP contribution in [0, 0.1) is 22.0 Å². The Morgan fingerprint density at radius 2 is 2.11 bits per heavy atom. The summed E-state index contributed by atoms with van der Waals surface area (Å²) in [7, 11) is 0. The second-order valence-electron chi connectivity index (χ2n) is 4.38. The molecule has 1 aromatic rings. The monoisotopic (exact) mass is 289 g/mol. The third-order valence-corrected chi connectivity index (χ3v) is 4.42. The molecule has 1 saturated heterocycles. The van der Waals surface area contributed by atoms with Crippen molar-refractivity contribution in [2.24, 2.45) is 11.8 Å². The Labute approximate surface area is 113 Å². The molecule has 2 fully saturated rings. The van der Waals surface area contributed by atoms with E-state index in [0.29, 0.717) is 16.7 Å². The number of nitro groups is 1. The molecule has 2 N–H and O–H groups in total. The fourth-order valence-electron chi connectivity index (χ4n) is 2.40. The van der Waals surface area contributed by atoms with Gasteiger partial charge in [-0.2, -0.15) is 0 Å². The minimum atomic E-state index is -0.475. The predicted molar refractivity (Wildman–Crippen MR) is 69.3 cm³/mol. The lowest BCUT2D eigenvalue weighted by atomic mass is 10.4. The van der Waals surface area contributed by atoms with Crippen LogP contribution in [-0.2, 0) is 0 Å². The standard InChI is InChI=1S/C10H11N3O3S.ClH/c14-10(7-1-2-8(17-7)13(15)16)12-9-5-3-11-4-6(5)9;/h1-2,5-6,9,11H,3-4H2,(H,12,14);1H. The van der Waals surface area contributed by atoms with Gasteiger partial charge in [0.15, 0.2) is 0 Å². The van der Waals surface area contributed by atoms with Crippen LogP contribution in [0.15, 0.2) is 12.1 Å². The molecular weight excluding hydrogens is 278 g/mol. The number of thiophene rings is 1. The van der Waals surface area contributed by atoms with Gasteiger partial charge in [0, 0.05) is 25.2 Å². The Morgan fingerprint density at radius 3 is 2.67 bits per heavy atom. The van der Waals surface area contributed by atoms with E-state index in [1.807, 2.05) is 0 Å². The third kappa shape index (κ3) is 2.21. The second kappa shape index (κ2) is 4.83. The van der Waals surface area contributed by atoms with Crippen LogP contribution in [-0.4, -0.2) is 30.0 Å². The van der Waals surface area contributed by atoms with E-state index in [1.165, 1.54) is 12.1 Å². The molecule has 2 heterocycles. The predicted octanol–water partition coefficient (Wildman–Crippen LogP) is 1.03. The minimum Gasteiger partial charge on any atom is -0.348 e. The van der Waals surface area contributed by atoms with Crippen LogP contribution in [0.3, 0.4) is 0 Å². The molecule has 1 aliphatic heterocycles. The molecule has 0 radical (unpaired) electrons. The lowest BCUT2D eigenvalue weighted by Gasteiger charge is -2.05. The number of nitrogens with one attached hydrogen (secondary N) is 2. The second-order valence-corrected chi connectivity index (χ2v) is 5.44. The lowest BCUT2D eigenvalue weighted by molar-refractivity contribution is -0.380. The number of hydrogen-bond donors (Lipinski definition) is 2. The minimum absolute atomic E-state index is 0. The Kier molecular flexibility index (Phi) is 3.56. The van der Waals surface area contributed by atoms with E-state index in [-0.39, 0.29) is 29.4 Å². The summed E-state index contributed by atoms with van der Waals surface area (Å²) in [6.45, 7) is 1.92. The highest BCUT2D eigenvalue weighted by Gasteiger charge is 2.53. The maximum atomic E-state index is 11.8. The average molecular weight is 290 g/mol. The average Bonchev–Trinajstić information content (AvgIpc) is 2.82. The summed E-state index contributed by atoms with van der Waals surface area (Å²) in [4.78, 5) is 22.3. The van der Waals surface area contributed by atoms with Crippen molar-refractivity contribution in [3.05, 3.63) is 27.1 Å².